The van der Waals surface area contributed by atoms with Crippen molar-refractivity contribution in [2.75, 3.05) is 6.54 Å². The zero-order chi connectivity index (χ0) is 19.1. The molecule has 0 bridgehead atoms. The summed E-state index contributed by atoms with van der Waals surface area (Å²) in [5.41, 5.74) is 1.65. The number of carbonyl (C=O) groups excluding carboxylic acids is 1. The normalized spacial score (nSPS) is 10.9. The molecule has 0 unspecified atom stereocenters. The lowest BCUT2D eigenvalue weighted by molar-refractivity contribution is -0.136. The Morgan fingerprint density at radius 3 is 2.62 bits per heavy atom. The maximum absolute atomic E-state index is 13.0. The fraction of sp³-hybridized carbons (Fsp3) is 0.158. The number of nitrogens with one attached hydrogen (secondary N) is 1. The Kier molecular flexibility index (Phi) is 7.24. The van der Waals surface area contributed by atoms with Gasteiger partial charge in [0.2, 0.25) is 5.91 Å². The number of carbonyl (C=O) groups is 2. The summed E-state index contributed by atoms with van der Waals surface area (Å²) < 4.78 is 13.0. The maximum atomic E-state index is 13.0. The molecule has 26 heavy (non-hydrogen) atoms. The van der Waals surface area contributed by atoms with E-state index in [2.05, 4.69) is 5.32 Å². The summed E-state index contributed by atoms with van der Waals surface area (Å²) in [6.45, 7) is 1.99. The Morgan fingerprint density at radius 2 is 1.96 bits per heavy atom. The molecule has 1 amide bonds. The van der Waals surface area contributed by atoms with Gasteiger partial charge in [-0.15, -0.1) is 0 Å². The third-order valence-corrected chi connectivity index (χ3v) is 4.88. The quantitative estimate of drug-likeness (QED) is 0.677. The number of aryl methyl sites for hydroxylation is 1. The molecular weight excluding hydrogens is 377 g/mol. The molecule has 7 heteroatoms. The SMILES string of the molecule is Cc1cc(/C=C/C(=O)NCCC(=O)O)c(Cl)cc1Sc1ccc(F)cc1. The molecule has 2 aromatic carbocycles. The van der Waals surface area contributed by atoms with Gasteiger partial charge in [0.25, 0.3) is 0 Å². The van der Waals surface area contributed by atoms with Crippen LogP contribution in [0.3, 0.4) is 0 Å². The highest BCUT2D eigenvalue weighted by atomic mass is 35.5. The lowest BCUT2D eigenvalue weighted by atomic mass is 10.1. The van der Waals surface area contributed by atoms with Crippen LogP contribution in [0, 0.1) is 12.7 Å². The largest absolute Gasteiger partial charge is 0.481 e. The van der Waals surface area contributed by atoms with Crippen molar-refractivity contribution in [2.24, 2.45) is 0 Å². The van der Waals surface area contributed by atoms with E-state index in [-0.39, 0.29) is 24.7 Å². The molecule has 0 aromatic heterocycles. The first kappa shape index (κ1) is 20.0. The van der Waals surface area contributed by atoms with Crippen LogP contribution in [0.15, 0.2) is 52.3 Å². The summed E-state index contributed by atoms with van der Waals surface area (Å²) in [7, 11) is 0. The fourth-order valence-electron chi connectivity index (χ4n) is 2.07. The second-order valence-corrected chi connectivity index (χ2v) is 6.99. The predicted octanol–water partition coefficient (Wildman–Crippen LogP) is 4.54. The van der Waals surface area contributed by atoms with Gasteiger partial charge in [0, 0.05) is 27.4 Å². The molecule has 0 heterocycles. The van der Waals surface area contributed by atoms with Crippen LogP contribution in [0.5, 0.6) is 0 Å². The van der Waals surface area contributed by atoms with Gasteiger partial charge in [-0.2, -0.15) is 0 Å². The van der Waals surface area contributed by atoms with Gasteiger partial charge in [-0.25, -0.2) is 4.39 Å². The highest BCUT2D eigenvalue weighted by Gasteiger charge is 2.07. The maximum Gasteiger partial charge on any atom is 0.305 e. The summed E-state index contributed by atoms with van der Waals surface area (Å²) >= 11 is 7.76. The Hall–Kier alpha value is -2.31. The lowest BCUT2D eigenvalue weighted by Crippen LogP contribution is -2.23. The van der Waals surface area contributed by atoms with Crippen molar-refractivity contribution in [3.63, 3.8) is 0 Å². The molecule has 136 valence electrons. The summed E-state index contributed by atoms with van der Waals surface area (Å²) in [4.78, 5) is 23.9. The van der Waals surface area contributed by atoms with Crippen molar-refractivity contribution < 1.29 is 19.1 Å². The predicted molar refractivity (Wildman–Crippen MR) is 101 cm³/mol. The van der Waals surface area contributed by atoms with Crippen LogP contribution in [-0.4, -0.2) is 23.5 Å². The number of rotatable bonds is 7. The van der Waals surface area contributed by atoms with Crippen LogP contribution in [0.25, 0.3) is 6.08 Å². The molecule has 0 aliphatic heterocycles. The van der Waals surface area contributed by atoms with Crippen LogP contribution in [0.2, 0.25) is 5.02 Å². The molecule has 0 fully saturated rings. The number of hydrogen-bond acceptors (Lipinski definition) is 3. The van der Waals surface area contributed by atoms with Crippen molar-refractivity contribution in [1.82, 2.24) is 5.32 Å². The summed E-state index contributed by atoms with van der Waals surface area (Å²) in [6, 6.07) is 9.85. The van der Waals surface area contributed by atoms with Gasteiger partial charge in [-0.1, -0.05) is 23.4 Å². The molecule has 0 saturated carbocycles. The van der Waals surface area contributed by atoms with E-state index in [4.69, 9.17) is 16.7 Å². The second-order valence-electron chi connectivity index (χ2n) is 5.46. The zero-order valence-corrected chi connectivity index (χ0v) is 15.5. The minimum atomic E-state index is -0.970. The third-order valence-electron chi connectivity index (χ3n) is 3.39. The Bertz CT molecular complexity index is 837. The first-order valence-corrected chi connectivity index (χ1v) is 8.96. The van der Waals surface area contributed by atoms with Crippen LogP contribution in [0.4, 0.5) is 4.39 Å². The van der Waals surface area contributed by atoms with Crippen molar-refractivity contribution in [3.05, 3.63) is 64.4 Å². The van der Waals surface area contributed by atoms with Gasteiger partial charge in [-0.05, 0) is 60.5 Å². The van der Waals surface area contributed by atoms with Crippen molar-refractivity contribution in [2.45, 2.75) is 23.1 Å². The van der Waals surface area contributed by atoms with Gasteiger partial charge in [0.05, 0.1) is 6.42 Å². The number of halogens is 2. The minimum absolute atomic E-state index is 0.0680. The third kappa shape index (κ3) is 6.20. The number of aliphatic carboxylic acids is 1. The van der Waals surface area contributed by atoms with Crippen molar-refractivity contribution in [1.29, 1.82) is 0 Å². The minimum Gasteiger partial charge on any atom is -0.481 e. The van der Waals surface area contributed by atoms with Gasteiger partial charge in [0.15, 0.2) is 0 Å². The molecule has 0 saturated heterocycles. The number of carboxylic acids is 1. The monoisotopic (exact) mass is 393 g/mol. The van der Waals surface area contributed by atoms with E-state index in [1.54, 1.807) is 24.3 Å². The van der Waals surface area contributed by atoms with Gasteiger partial charge in [0.1, 0.15) is 5.82 Å². The average molecular weight is 394 g/mol. The summed E-state index contributed by atoms with van der Waals surface area (Å²) in [5.74, 6) is -1.64. The Morgan fingerprint density at radius 1 is 1.27 bits per heavy atom. The molecule has 0 aliphatic rings. The van der Waals surface area contributed by atoms with E-state index in [0.717, 1.165) is 15.4 Å². The fourth-order valence-corrected chi connectivity index (χ4v) is 3.28. The zero-order valence-electron chi connectivity index (χ0n) is 14.0. The molecule has 2 aromatic rings. The van der Waals surface area contributed by atoms with Gasteiger partial charge >= 0.3 is 5.97 Å². The average Bonchev–Trinajstić information content (AvgIpc) is 2.58. The van der Waals surface area contributed by atoms with Crippen LogP contribution < -0.4 is 5.32 Å². The van der Waals surface area contributed by atoms with E-state index < -0.39 is 5.97 Å². The smallest absolute Gasteiger partial charge is 0.305 e. The van der Waals surface area contributed by atoms with Gasteiger partial charge < -0.3 is 10.4 Å². The molecular formula is C19H17ClFNO3S. The van der Waals surface area contributed by atoms with E-state index in [9.17, 15) is 14.0 Å². The molecule has 2 rings (SSSR count). The van der Waals surface area contributed by atoms with E-state index >= 15 is 0 Å². The molecule has 0 atom stereocenters. The molecule has 0 radical (unpaired) electrons. The highest BCUT2D eigenvalue weighted by Crippen LogP contribution is 2.34. The van der Waals surface area contributed by atoms with Crippen LogP contribution >= 0.6 is 23.4 Å². The summed E-state index contributed by atoms with van der Waals surface area (Å²) in [5, 5.41) is 11.5. The highest BCUT2D eigenvalue weighted by molar-refractivity contribution is 7.99. The van der Waals surface area contributed by atoms with Gasteiger partial charge in [-0.3, -0.25) is 9.59 Å². The summed E-state index contributed by atoms with van der Waals surface area (Å²) in [6.07, 6.45) is 2.77. The number of benzene rings is 2. The molecule has 0 spiro atoms. The first-order valence-electron chi connectivity index (χ1n) is 7.76. The van der Waals surface area contributed by atoms with Crippen molar-refractivity contribution in [3.8, 4) is 0 Å². The second kappa shape index (κ2) is 9.40. The number of amides is 1. The standard InChI is InChI=1S/C19H17ClFNO3S/c1-12-10-13(2-7-18(23)22-9-8-19(24)25)16(20)11-17(12)26-15-5-3-14(21)4-6-15/h2-7,10-11H,8-9H2,1H3,(H,22,23)(H,24,25)/b7-2+. The topological polar surface area (TPSA) is 66.4 Å². The molecule has 4 nitrogen and oxygen atoms in total. The number of carboxylic acid groups (broad SMARTS) is 1. The molecule has 0 aliphatic carbocycles. The van der Waals surface area contributed by atoms with Crippen LogP contribution in [-0.2, 0) is 9.59 Å². The Balaban J connectivity index is 2.06. The van der Waals surface area contributed by atoms with E-state index in [0.29, 0.717) is 10.6 Å². The van der Waals surface area contributed by atoms with Crippen LogP contribution in [0.1, 0.15) is 17.5 Å². The number of hydrogen-bond donors (Lipinski definition) is 2. The van der Waals surface area contributed by atoms with Crippen molar-refractivity contribution >= 4 is 41.3 Å². The Labute approximate surface area is 160 Å². The van der Waals surface area contributed by atoms with E-state index in [1.165, 1.54) is 30.0 Å². The van der Waals surface area contributed by atoms with E-state index in [1.807, 2.05) is 13.0 Å². The lowest BCUT2D eigenvalue weighted by Gasteiger charge is -2.09. The first-order chi connectivity index (χ1) is 12.3. The molecule has 2 N–H and O–H groups in total.